The molecule has 0 aromatic carbocycles. The van der Waals surface area contributed by atoms with Crippen molar-refractivity contribution >= 4 is 40.6 Å². The highest BCUT2D eigenvalue weighted by atomic mass is 35.5. The Kier molecular flexibility index (Phi) is 8.62. The average Bonchev–Trinajstić information content (AvgIpc) is 3.31. The van der Waals surface area contributed by atoms with Gasteiger partial charge in [0, 0.05) is 30.2 Å². The Morgan fingerprint density at radius 3 is 2.69 bits per heavy atom. The van der Waals surface area contributed by atoms with Gasteiger partial charge < -0.3 is 5.11 Å². The number of rotatable bonds is 7. The summed E-state index contributed by atoms with van der Waals surface area (Å²) in [7, 11) is 0. The molecule has 1 amide bonds. The normalized spacial score (nSPS) is 11.9. The van der Waals surface area contributed by atoms with Gasteiger partial charge in [-0.15, -0.1) is 11.3 Å². The third kappa shape index (κ3) is 7.11. The van der Waals surface area contributed by atoms with Crippen LogP contribution in [0, 0.1) is 11.8 Å². The topological polar surface area (TPSA) is 131 Å². The van der Waals surface area contributed by atoms with Crippen LogP contribution < -0.4 is 5.32 Å². The van der Waals surface area contributed by atoms with E-state index in [1.165, 1.54) is 36.1 Å². The van der Waals surface area contributed by atoms with Crippen molar-refractivity contribution in [2.45, 2.75) is 51.9 Å². The number of hydrogen-bond acceptors (Lipinski definition) is 9. The smallest absolute Gasteiger partial charge is 0.269 e. The molecule has 0 spiro atoms. The predicted molar refractivity (Wildman–Crippen MR) is 134 cm³/mol. The molecule has 0 fully saturated rings. The van der Waals surface area contributed by atoms with Gasteiger partial charge in [0.15, 0.2) is 5.78 Å². The lowest BCUT2D eigenvalue weighted by Crippen LogP contribution is -2.18. The highest BCUT2D eigenvalue weighted by Gasteiger charge is 2.22. The van der Waals surface area contributed by atoms with E-state index >= 15 is 0 Å². The number of nitrogens with one attached hydrogen (secondary N) is 1. The van der Waals surface area contributed by atoms with Crippen LogP contribution in [0.15, 0.2) is 24.8 Å². The number of aliphatic hydroxyl groups is 1. The first kappa shape index (κ1) is 26.3. The van der Waals surface area contributed by atoms with Crippen molar-refractivity contribution in [1.82, 2.24) is 24.9 Å². The zero-order valence-electron chi connectivity index (χ0n) is 19.8. The van der Waals surface area contributed by atoms with Crippen LogP contribution in [0.25, 0.3) is 0 Å². The zero-order valence-corrected chi connectivity index (χ0v) is 21.4. The molecular formula is C24H25ClN6O3S. The maximum absolute atomic E-state index is 12.7. The number of carbonyl (C=O) groups excluding carboxylic acids is 2. The van der Waals surface area contributed by atoms with E-state index in [0.717, 1.165) is 0 Å². The Hall–Kier alpha value is -3.26. The molecule has 1 atom stereocenters. The van der Waals surface area contributed by atoms with Crippen molar-refractivity contribution in [3.05, 3.63) is 56.8 Å². The second-order valence-corrected chi connectivity index (χ2v) is 10.2. The van der Waals surface area contributed by atoms with Crippen LogP contribution in [0.3, 0.4) is 0 Å². The largest absolute Gasteiger partial charge is 0.395 e. The number of hydrogen-bond donors (Lipinski definition) is 2. The number of anilines is 1. The van der Waals surface area contributed by atoms with E-state index in [1.807, 2.05) is 27.7 Å². The second-order valence-electron chi connectivity index (χ2n) is 8.75. The number of aromatic nitrogens is 5. The molecule has 0 radical (unpaired) electrons. The zero-order chi connectivity index (χ0) is 25.6. The summed E-state index contributed by atoms with van der Waals surface area (Å²) in [6, 6.07) is 1.53. The van der Waals surface area contributed by atoms with Gasteiger partial charge in [0.05, 0.1) is 34.7 Å². The maximum atomic E-state index is 12.7. The summed E-state index contributed by atoms with van der Waals surface area (Å²) in [6.07, 6.45) is 4.71. The van der Waals surface area contributed by atoms with Crippen LogP contribution in [0.2, 0.25) is 5.02 Å². The number of halogens is 1. The van der Waals surface area contributed by atoms with Crippen LogP contribution in [0.4, 0.5) is 5.95 Å². The molecule has 2 N–H and O–H groups in total. The Bertz CT molecular complexity index is 1290. The molecule has 0 aliphatic rings. The van der Waals surface area contributed by atoms with Gasteiger partial charge in [-0.25, -0.2) is 24.9 Å². The van der Waals surface area contributed by atoms with Crippen LogP contribution >= 0.6 is 22.9 Å². The lowest BCUT2D eigenvalue weighted by molar-refractivity contribution is 0.0969. The van der Waals surface area contributed by atoms with Crippen LogP contribution in [0.1, 0.15) is 83.0 Å². The number of thiazole rings is 1. The monoisotopic (exact) mass is 512 g/mol. The molecule has 1 unspecified atom stereocenters. The van der Waals surface area contributed by atoms with Crippen LogP contribution in [-0.4, -0.2) is 48.3 Å². The maximum Gasteiger partial charge on any atom is 0.269 e. The Balaban J connectivity index is 1.66. The van der Waals surface area contributed by atoms with Gasteiger partial charge in [0.1, 0.15) is 22.6 Å². The van der Waals surface area contributed by atoms with E-state index in [9.17, 15) is 9.59 Å². The average molecular weight is 513 g/mol. The fourth-order valence-electron chi connectivity index (χ4n) is 2.99. The second kappa shape index (κ2) is 11.4. The van der Waals surface area contributed by atoms with Crippen molar-refractivity contribution in [3.63, 3.8) is 0 Å². The number of amides is 1. The molecule has 3 aromatic rings. The summed E-state index contributed by atoms with van der Waals surface area (Å²) >= 11 is 7.40. The quantitative estimate of drug-likeness (QED) is 0.358. The van der Waals surface area contributed by atoms with Crippen molar-refractivity contribution in [3.8, 4) is 11.8 Å². The minimum Gasteiger partial charge on any atom is -0.395 e. The van der Waals surface area contributed by atoms with Gasteiger partial charge >= 0.3 is 0 Å². The summed E-state index contributed by atoms with van der Waals surface area (Å²) in [4.78, 5) is 46.7. The number of aliphatic hydroxyl groups excluding tert-OH is 1. The minimum atomic E-state index is -0.392. The van der Waals surface area contributed by atoms with Gasteiger partial charge in [0.25, 0.3) is 5.91 Å². The highest BCUT2D eigenvalue weighted by Crippen LogP contribution is 2.29. The molecule has 3 rings (SSSR count). The van der Waals surface area contributed by atoms with Gasteiger partial charge in [-0.1, -0.05) is 45.2 Å². The standard InChI is InChI=1S/C24H25ClN6O3S/c1-14(9-18(33)17-10-15(28-13-29-17)7-5-6-8-32)22-26-12-19(35-22)21(34)31-23-27-11-16(25)20(30-23)24(2,3)4/h10-14,32H,6,8-9H2,1-4H3,(H,27,30,31,34). The van der Waals surface area contributed by atoms with Gasteiger partial charge in [-0.05, 0) is 5.92 Å². The molecule has 35 heavy (non-hydrogen) atoms. The third-order valence-electron chi connectivity index (χ3n) is 4.75. The van der Waals surface area contributed by atoms with Crippen molar-refractivity contribution < 1.29 is 14.7 Å². The molecule has 9 nitrogen and oxygen atoms in total. The highest BCUT2D eigenvalue weighted by molar-refractivity contribution is 7.13. The third-order valence-corrected chi connectivity index (χ3v) is 6.25. The van der Waals surface area contributed by atoms with Crippen molar-refractivity contribution in [1.29, 1.82) is 0 Å². The minimum absolute atomic E-state index is 0.0418. The molecule has 182 valence electrons. The van der Waals surface area contributed by atoms with Gasteiger partial charge in [-0.3, -0.25) is 14.9 Å². The first-order valence-corrected chi connectivity index (χ1v) is 12.0. The first-order chi connectivity index (χ1) is 16.6. The summed E-state index contributed by atoms with van der Waals surface area (Å²) in [5.74, 6) is 4.91. The van der Waals surface area contributed by atoms with E-state index in [4.69, 9.17) is 16.7 Å². The summed E-state index contributed by atoms with van der Waals surface area (Å²) in [6.45, 7) is 7.73. The van der Waals surface area contributed by atoms with Gasteiger partial charge in [-0.2, -0.15) is 0 Å². The number of Topliss-reactive ketones (excluding diaryl/α,β-unsaturated/α-hetero) is 1. The Morgan fingerprint density at radius 1 is 1.20 bits per heavy atom. The number of nitrogens with zero attached hydrogens (tertiary/aromatic N) is 5. The molecule has 0 bridgehead atoms. The van der Waals surface area contributed by atoms with E-state index < -0.39 is 5.91 Å². The summed E-state index contributed by atoms with van der Waals surface area (Å²) in [5.41, 5.74) is 0.991. The Labute approximate surface area is 212 Å². The van der Waals surface area contributed by atoms with Crippen molar-refractivity contribution in [2.24, 2.45) is 0 Å². The number of ketones is 1. The summed E-state index contributed by atoms with van der Waals surface area (Å²) in [5, 5.41) is 12.6. The van der Waals surface area contributed by atoms with Crippen LogP contribution in [0.5, 0.6) is 0 Å². The Morgan fingerprint density at radius 2 is 1.97 bits per heavy atom. The van der Waals surface area contributed by atoms with E-state index in [1.54, 1.807) is 0 Å². The predicted octanol–water partition coefficient (Wildman–Crippen LogP) is 4.04. The lowest BCUT2D eigenvalue weighted by Gasteiger charge is -2.19. The first-order valence-electron chi connectivity index (χ1n) is 10.8. The molecule has 0 saturated carbocycles. The SMILES string of the molecule is CC(CC(=O)c1cc(C#CCCO)ncn1)c1ncc(C(=O)Nc2ncc(Cl)c(C(C)(C)C)n2)s1. The molecule has 0 saturated heterocycles. The molecule has 11 heteroatoms. The molecule has 3 aromatic heterocycles. The van der Waals surface area contributed by atoms with Gasteiger partial charge in [0.2, 0.25) is 5.95 Å². The van der Waals surface area contributed by atoms with E-state index in [-0.39, 0.29) is 41.8 Å². The molecular weight excluding hydrogens is 488 g/mol. The summed E-state index contributed by atoms with van der Waals surface area (Å²) < 4.78 is 0. The molecule has 3 heterocycles. The van der Waals surface area contributed by atoms with E-state index in [2.05, 4.69) is 42.1 Å². The van der Waals surface area contributed by atoms with Crippen LogP contribution in [-0.2, 0) is 5.41 Å². The fraction of sp³-hybridized carbons (Fsp3) is 0.375. The van der Waals surface area contributed by atoms with E-state index in [0.29, 0.717) is 32.7 Å². The lowest BCUT2D eigenvalue weighted by atomic mass is 9.92. The molecule has 0 aliphatic carbocycles. The number of carbonyl (C=O) groups is 2. The van der Waals surface area contributed by atoms with Crippen molar-refractivity contribution in [2.75, 3.05) is 11.9 Å². The molecule has 0 aliphatic heterocycles. The fourth-order valence-corrected chi connectivity index (χ4v) is 4.23.